The number of ether oxygens (including phenoxy) is 1. The summed E-state index contributed by atoms with van der Waals surface area (Å²) in [5.41, 5.74) is 0.225. The highest BCUT2D eigenvalue weighted by Crippen LogP contribution is 2.34. The van der Waals surface area contributed by atoms with Crippen molar-refractivity contribution in [1.29, 1.82) is 0 Å². The molecule has 1 aromatic rings. The Labute approximate surface area is 247 Å². The van der Waals surface area contributed by atoms with Crippen LogP contribution in [0.5, 0.6) is 0 Å². The van der Waals surface area contributed by atoms with Crippen molar-refractivity contribution >= 4 is 11.9 Å². The quantitative estimate of drug-likeness (QED) is 0.0861. The van der Waals surface area contributed by atoms with Crippen LogP contribution in [-0.4, -0.2) is 22.6 Å². The van der Waals surface area contributed by atoms with Crippen molar-refractivity contribution in [2.75, 3.05) is 0 Å². The number of carboxylic acids is 1. The lowest BCUT2D eigenvalue weighted by molar-refractivity contribution is -0.0361. The van der Waals surface area contributed by atoms with Crippen LogP contribution in [0.25, 0.3) is 0 Å². The molecular weight excluding hydrogens is 496 g/mol. The van der Waals surface area contributed by atoms with E-state index in [0.717, 1.165) is 38.5 Å². The molecule has 0 atom stereocenters. The Morgan fingerprint density at radius 3 is 1.15 bits per heavy atom. The molecule has 40 heavy (non-hydrogen) atoms. The minimum Gasteiger partial charge on any atom is -0.478 e. The third-order valence-corrected chi connectivity index (χ3v) is 8.38. The SMILES string of the molecule is CCCCCCCCCCCC(CCCCCCCC)(CCCCCCCC)OC(=O)c1ccc(C(=O)O)cc1. The van der Waals surface area contributed by atoms with Crippen LogP contribution in [0.3, 0.4) is 0 Å². The molecule has 0 aromatic heterocycles. The van der Waals surface area contributed by atoms with E-state index in [1.807, 2.05) is 0 Å². The maximum absolute atomic E-state index is 13.4. The number of benzene rings is 1. The van der Waals surface area contributed by atoms with Gasteiger partial charge in [-0.15, -0.1) is 0 Å². The van der Waals surface area contributed by atoms with E-state index >= 15 is 0 Å². The Kier molecular flexibility index (Phi) is 21.6. The van der Waals surface area contributed by atoms with Gasteiger partial charge in [-0.3, -0.25) is 0 Å². The molecule has 230 valence electrons. The van der Waals surface area contributed by atoms with Crippen molar-refractivity contribution in [3.05, 3.63) is 35.4 Å². The molecule has 0 aliphatic rings. The van der Waals surface area contributed by atoms with E-state index in [0.29, 0.717) is 5.56 Å². The van der Waals surface area contributed by atoms with Gasteiger partial charge in [-0.25, -0.2) is 9.59 Å². The molecule has 0 aliphatic carbocycles. The summed E-state index contributed by atoms with van der Waals surface area (Å²) in [6.45, 7) is 6.76. The summed E-state index contributed by atoms with van der Waals surface area (Å²) in [6.07, 6.45) is 29.1. The van der Waals surface area contributed by atoms with Gasteiger partial charge in [-0.1, -0.05) is 136 Å². The van der Waals surface area contributed by atoms with Crippen LogP contribution >= 0.6 is 0 Å². The summed E-state index contributed by atoms with van der Waals surface area (Å²) >= 11 is 0. The molecule has 1 rings (SSSR count). The summed E-state index contributed by atoms with van der Waals surface area (Å²) < 4.78 is 6.47. The van der Waals surface area contributed by atoms with Gasteiger partial charge in [0.15, 0.2) is 0 Å². The van der Waals surface area contributed by atoms with Gasteiger partial charge >= 0.3 is 11.9 Å². The monoisotopic (exact) mass is 558 g/mol. The van der Waals surface area contributed by atoms with E-state index < -0.39 is 11.6 Å². The third kappa shape index (κ3) is 17.1. The summed E-state index contributed by atoms with van der Waals surface area (Å²) in [7, 11) is 0. The fourth-order valence-electron chi connectivity index (χ4n) is 5.75. The first-order chi connectivity index (χ1) is 19.5. The van der Waals surface area contributed by atoms with Crippen molar-refractivity contribution in [2.45, 2.75) is 180 Å². The van der Waals surface area contributed by atoms with Gasteiger partial charge < -0.3 is 9.84 Å². The van der Waals surface area contributed by atoms with Gasteiger partial charge in [0.05, 0.1) is 11.1 Å². The van der Waals surface area contributed by atoms with Gasteiger partial charge in [-0.2, -0.15) is 0 Å². The van der Waals surface area contributed by atoms with E-state index in [4.69, 9.17) is 4.74 Å². The Balaban J connectivity index is 2.87. The van der Waals surface area contributed by atoms with Crippen LogP contribution in [0.15, 0.2) is 24.3 Å². The van der Waals surface area contributed by atoms with Crippen LogP contribution in [0.4, 0.5) is 0 Å². The maximum Gasteiger partial charge on any atom is 0.338 e. The summed E-state index contributed by atoms with van der Waals surface area (Å²) in [5, 5.41) is 9.25. The van der Waals surface area contributed by atoms with Crippen molar-refractivity contribution in [2.24, 2.45) is 0 Å². The van der Waals surface area contributed by atoms with Crippen LogP contribution < -0.4 is 0 Å². The molecule has 0 heterocycles. The summed E-state index contributed by atoms with van der Waals surface area (Å²) in [5.74, 6) is -1.28. The zero-order valence-electron chi connectivity index (χ0n) is 26.5. The van der Waals surface area contributed by atoms with Gasteiger partial charge in [0, 0.05) is 0 Å². The van der Waals surface area contributed by atoms with Gasteiger partial charge in [-0.05, 0) is 62.8 Å². The minimum absolute atomic E-state index is 0.191. The zero-order chi connectivity index (χ0) is 29.3. The molecule has 1 N–H and O–H groups in total. The van der Waals surface area contributed by atoms with Crippen LogP contribution in [0, 0.1) is 0 Å². The second kappa shape index (κ2) is 23.8. The lowest BCUT2D eigenvalue weighted by atomic mass is 9.84. The first kappa shape index (κ1) is 36.2. The smallest absolute Gasteiger partial charge is 0.338 e. The Hall–Kier alpha value is -1.84. The van der Waals surface area contributed by atoms with E-state index in [-0.39, 0.29) is 11.5 Å². The van der Waals surface area contributed by atoms with E-state index in [9.17, 15) is 14.7 Å². The number of carboxylic acid groups (broad SMARTS) is 1. The first-order valence-corrected chi connectivity index (χ1v) is 17.0. The summed E-state index contributed by atoms with van der Waals surface area (Å²) in [6, 6.07) is 6.21. The molecule has 0 unspecified atom stereocenters. The van der Waals surface area contributed by atoms with Crippen molar-refractivity contribution in [1.82, 2.24) is 0 Å². The second-order valence-electron chi connectivity index (χ2n) is 12.1. The molecule has 4 heteroatoms. The average Bonchev–Trinajstić information content (AvgIpc) is 2.96. The topological polar surface area (TPSA) is 63.6 Å². The fraction of sp³-hybridized carbons (Fsp3) is 0.778. The number of hydrogen-bond donors (Lipinski definition) is 1. The molecule has 4 nitrogen and oxygen atoms in total. The van der Waals surface area contributed by atoms with Gasteiger partial charge in [0.2, 0.25) is 0 Å². The lowest BCUT2D eigenvalue weighted by Gasteiger charge is -2.34. The number of carbonyl (C=O) groups is 2. The van der Waals surface area contributed by atoms with Crippen molar-refractivity contribution in [3.63, 3.8) is 0 Å². The molecule has 0 bridgehead atoms. The molecule has 0 aliphatic heterocycles. The summed E-state index contributed by atoms with van der Waals surface area (Å²) in [4.78, 5) is 24.7. The van der Waals surface area contributed by atoms with Crippen molar-refractivity contribution in [3.8, 4) is 0 Å². The Bertz CT molecular complexity index is 739. The largest absolute Gasteiger partial charge is 0.478 e. The number of unbranched alkanes of at least 4 members (excludes halogenated alkanes) is 18. The Morgan fingerprint density at radius 2 is 0.825 bits per heavy atom. The molecule has 0 fully saturated rings. The number of rotatable bonds is 27. The van der Waals surface area contributed by atoms with E-state index in [1.165, 1.54) is 128 Å². The molecular formula is C36H62O4. The molecule has 0 amide bonds. The predicted molar refractivity (Wildman–Crippen MR) is 169 cm³/mol. The number of aromatic carboxylic acids is 1. The average molecular weight is 559 g/mol. The molecule has 0 spiro atoms. The second-order valence-corrected chi connectivity index (χ2v) is 12.1. The zero-order valence-corrected chi connectivity index (χ0v) is 26.5. The number of carbonyl (C=O) groups excluding carboxylic acids is 1. The van der Waals surface area contributed by atoms with Crippen molar-refractivity contribution < 1.29 is 19.4 Å². The molecule has 0 radical (unpaired) electrons. The minimum atomic E-state index is -0.981. The fourth-order valence-corrected chi connectivity index (χ4v) is 5.75. The first-order valence-electron chi connectivity index (χ1n) is 17.0. The Morgan fingerprint density at radius 1 is 0.525 bits per heavy atom. The number of esters is 1. The van der Waals surface area contributed by atoms with Crippen LogP contribution in [-0.2, 0) is 4.74 Å². The highest BCUT2D eigenvalue weighted by Gasteiger charge is 2.33. The van der Waals surface area contributed by atoms with E-state index in [1.54, 1.807) is 12.1 Å². The van der Waals surface area contributed by atoms with E-state index in [2.05, 4.69) is 20.8 Å². The van der Waals surface area contributed by atoms with Crippen LogP contribution in [0.2, 0.25) is 0 Å². The normalized spacial score (nSPS) is 11.6. The van der Waals surface area contributed by atoms with Gasteiger partial charge in [0.25, 0.3) is 0 Å². The number of hydrogen-bond acceptors (Lipinski definition) is 3. The standard InChI is InChI=1S/C36H62O4/c1-4-7-10-13-16-17-18-21-24-31-36(29-22-19-14-11-8-5-2,30-23-20-15-12-9-6-3)40-35(39)33-27-25-32(26-28-33)34(37)38/h25-28H,4-24,29-31H2,1-3H3,(H,37,38). The third-order valence-electron chi connectivity index (χ3n) is 8.38. The highest BCUT2D eigenvalue weighted by atomic mass is 16.6. The molecule has 1 aromatic carbocycles. The molecule has 0 saturated carbocycles. The predicted octanol–water partition coefficient (Wildman–Crippen LogP) is 11.7. The molecule has 0 saturated heterocycles. The lowest BCUT2D eigenvalue weighted by Crippen LogP contribution is -2.35. The van der Waals surface area contributed by atoms with Crippen LogP contribution in [0.1, 0.15) is 196 Å². The van der Waals surface area contributed by atoms with Gasteiger partial charge in [0.1, 0.15) is 5.60 Å². The highest BCUT2D eigenvalue weighted by molar-refractivity contribution is 5.92. The maximum atomic E-state index is 13.4.